The number of piperazine rings is 1. The van der Waals surface area contributed by atoms with Crippen molar-refractivity contribution in [3.05, 3.63) is 53.6 Å². The van der Waals surface area contributed by atoms with E-state index in [9.17, 15) is 4.79 Å². The number of carbonyl (C=O) groups excluding carboxylic acids is 1. The fraction of sp³-hybridized carbons (Fsp3) is 0.381. The van der Waals surface area contributed by atoms with Crippen LogP contribution in [0.25, 0.3) is 0 Å². The fourth-order valence-electron chi connectivity index (χ4n) is 3.34. The standard InChI is InChI=1S/C21H26N2O3/c1-16-13-19(25-2)20(26-3)14-17(16)15-21(24)23-11-9-22(10-12-23)18-7-5-4-6-8-18/h4-8,13-14H,9-12,15H2,1-3H3. The highest BCUT2D eigenvalue weighted by Gasteiger charge is 2.22. The summed E-state index contributed by atoms with van der Waals surface area (Å²) < 4.78 is 10.7. The molecule has 0 bridgehead atoms. The van der Waals surface area contributed by atoms with E-state index in [1.54, 1.807) is 14.2 Å². The van der Waals surface area contributed by atoms with E-state index in [2.05, 4.69) is 17.0 Å². The molecule has 1 aliphatic rings. The maximum Gasteiger partial charge on any atom is 0.227 e. The van der Waals surface area contributed by atoms with Gasteiger partial charge in [0.25, 0.3) is 0 Å². The molecule has 1 fully saturated rings. The molecular formula is C21H26N2O3. The van der Waals surface area contributed by atoms with Gasteiger partial charge in [-0.25, -0.2) is 0 Å². The Morgan fingerprint density at radius 1 is 0.962 bits per heavy atom. The van der Waals surface area contributed by atoms with Crippen LogP contribution in [0.2, 0.25) is 0 Å². The zero-order valence-corrected chi connectivity index (χ0v) is 15.7. The summed E-state index contributed by atoms with van der Waals surface area (Å²) in [5.41, 5.74) is 3.24. The van der Waals surface area contributed by atoms with Crippen LogP contribution in [0.15, 0.2) is 42.5 Å². The minimum absolute atomic E-state index is 0.160. The van der Waals surface area contributed by atoms with Crippen molar-refractivity contribution in [1.82, 2.24) is 4.90 Å². The first kappa shape index (κ1) is 18.1. The molecule has 2 aromatic carbocycles. The van der Waals surface area contributed by atoms with Crippen LogP contribution in [0.5, 0.6) is 11.5 Å². The Morgan fingerprint density at radius 2 is 1.58 bits per heavy atom. The molecule has 1 saturated heterocycles. The van der Waals surface area contributed by atoms with Crippen LogP contribution in [-0.2, 0) is 11.2 Å². The molecule has 0 aliphatic carbocycles. The summed E-state index contributed by atoms with van der Waals surface area (Å²) in [7, 11) is 3.23. The number of benzene rings is 2. The minimum atomic E-state index is 0.160. The molecule has 5 heteroatoms. The van der Waals surface area contributed by atoms with Gasteiger partial charge in [0.05, 0.1) is 20.6 Å². The van der Waals surface area contributed by atoms with Gasteiger partial charge < -0.3 is 19.3 Å². The first-order chi connectivity index (χ1) is 12.6. The van der Waals surface area contributed by atoms with E-state index < -0.39 is 0 Å². The second kappa shape index (κ2) is 8.13. The van der Waals surface area contributed by atoms with Crippen molar-refractivity contribution in [1.29, 1.82) is 0 Å². The third-order valence-corrected chi connectivity index (χ3v) is 4.94. The number of anilines is 1. The lowest BCUT2D eigenvalue weighted by atomic mass is 10.0. The molecule has 5 nitrogen and oxygen atoms in total. The second-order valence-corrected chi connectivity index (χ2v) is 6.51. The highest BCUT2D eigenvalue weighted by molar-refractivity contribution is 5.80. The molecule has 1 heterocycles. The number of para-hydroxylation sites is 1. The van der Waals surface area contributed by atoms with Gasteiger partial charge in [-0.2, -0.15) is 0 Å². The van der Waals surface area contributed by atoms with Gasteiger partial charge in [0.2, 0.25) is 5.91 Å². The summed E-state index contributed by atoms with van der Waals surface area (Å²) in [6, 6.07) is 14.2. The lowest BCUT2D eigenvalue weighted by Crippen LogP contribution is -2.49. The van der Waals surface area contributed by atoms with Crippen LogP contribution in [0.1, 0.15) is 11.1 Å². The van der Waals surface area contributed by atoms with Crippen LogP contribution in [-0.4, -0.2) is 51.2 Å². The van der Waals surface area contributed by atoms with E-state index in [-0.39, 0.29) is 5.91 Å². The van der Waals surface area contributed by atoms with Crippen LogP contribution < -0.4 is 14.4 Å². The molecule has 0 atom stereocenters. The number of hydrogen-bond acceptors (Lipinski definition) is 4. The molecule has 0 aromatic heterocycles. The third-order valence-electron chi connectivity index (χ3n) is 4.94. The zero-order chi connectivity index (χ0) is 18.5. The summed E-state index contributed by atoms with van der Waals surface area (Å²) in [5, 5.41) is 0. The first-order valence-electron chi connectivity index (χ1n) is 8.91. The van der Waals surface area contributed by atoms with E-state index in [0.29, 0.717) is 17.9 Å². The van der Waals surface area contributed by atoms with Gasteiger partial charge in [-0.15, -0.1) is 0 Å². The molecule has 138 valence electrons. The summed E-state index contributed by atoms with van der Waals surface area (Å²) in [4.78, 5) is 17.0. The van der Waals surface area contributed by atoms with E-state index in [1.807, 2.05) is 42.2 Å². The van der Waals surface area contributed by atoms with Gasteiger partial charge in [0, 0.05) is 31.9 Å². The number of carbonyl (C=O) groups is 1. The van der Waals surface area contributed by atoms with Crippen molar-refractivity contribution in [3.8, 4) is 11.5 Å². The van der Waals surface area contributed by atoms with Crippen molar-refractivity contribution in [2.75, 3.05) is 45.3 Å². The normalized spacial score (nSPS) is 14.3. The number of hydrogen-bond donors (Lipinski definition) is 0. The van der Waals surface area contributed by atoms with E-state index in [1.165, 1.54) is 5.69 Å². The van der Waals surface area contributed by atoms with Gasteiger partial charge in [0.1, 0.15) is 0 Å². The smallest absolute Gasteiger partial charge is 0.227 e. The summed E-state index contributed by atoms with van der Waals surface area (Å²) >= 11 is 0. The Morgan fingerprint density at radius 3 is 2.19 bits per heavy atom. The van der Waals surface area contributed by atoms with E-state index in [0.717, 1.165) is 37.3 Å². The molecule has 2 aromatic rings. The Balaban J connectivity index is 1.63. The Bertz CT molecular complexity index is 753. The second-order valence-electron chi connectivity index (χ2n) is 6.51. The summed E-state index contributed by atoms with van der Waals surface area (Å²) in [6.45, 7) is 5.22. The Kier molecular flexibility index (Phi) is 5.66. The lowest BCUT2D eigenvalue weighted by Gasteiger charge is -2.36. The SMILES string of the molecule is COc1cc(C)c(CC(=O)N2CCN(c3ccccc3)CC2)cc1OC. The predicted molar refractivity (Wildman–Crippen MR) is 103 cm³/mol. The predicted octanol–water partition coefficient (Wildman–Crippen LogP) is 2.90. The molecule has 0 radical (unpaired) electrons. The number of aryl methyl sites for hydroxylation is 1. The lowest BCUT2D eigenvalue weighted by molar-refractivity contribution is -0.130. The Labute approximate surface area is 155 Å². The minimum Gasteiger partial charge on any atom is -0.493 e. The molecule has 26 heavy (non-hydrogen) atoms. The quantitative estimate of drug-likeness (QED) is 0.828. The van der Waals surface area contributed by atoms with Gasteiger partial charge >= 0.3 is 0 Å². The van der Waals surface area contributed by atoms with Crippen molar-refractivity contribution >= 4 is 11.6 Å². The molecule has 0 N–H and O–H groups in total. The average Bonchev–Trinajstić information content (AvgIpc) is 2.69. The number of nitrogens with zero attached hydrogens (tertiary/aromatic N) is 2. The Hall–Kier alpha value is -2.69. The van der Waals surface area contributed by atoms with Crippen LogP contribution >= 0.6 is 0 Å². The molecule has 0 unspecified atom stereocenters. The maximum absolute atomic E-state index is 12.8. The number of amides is 1. The molecule has 1 aliphatic heterocycles. The van der Waals surface area contributed by atoms with Crippen molar-refractivity contribution in [2.24, 2.45) is 0 Å². The molecule has 0 saturated carbocycles. The highest BCUT2D eigenvalue weighted by atomic mass is 16.5. The summed E-state index contributed by atoms with van der Waals surface area (Å²) in [6.07, 6.45) is 0.386. The van der Waals surface area contributed by atoms with Gasteiger partial charge in [0.15, 0.2) is 11.5 Å². The number of ether oxygens (including phenoxy) is 2. The largest absolute Gasteiger partial charge is 0.493 e. The fourth-order valence-corrected chi connectivity index (χ4v) is 3.34. The van der Waals surface area contributed by atoms with Crippen molar-refractivity contribution in [3.63, 3.8) is 0 Å². The van der Waals surface area contributed by atoms with Crippen LogP contribution in [0.3, 0.4) is 0 Å². The molecule has 1 amide bonds. The van der Waals surface area contributed by atoms with Gasteiger partial charge in [-0.05, 0) is 42.3 Å². The molecular weight excluding hydrogens is 328 g/mol. The average molecular weight is 354 g/mol. The van der Waals surface area contributed by atoms with Crippen molar-refractivity contribution in [2.45, 2.75) is 13.3 Å². The van der Waals surface area contributed by atoms with E-state index in [4.69, 9.17) is 9.47 Å². The number of rotatable bonds is 5. The molecule has 3 rings (SSSR count). The van der Waals surface area contributed by atoms with E-state index >= 15 is 0 Å². The maximum atomic E-state index is 12.8. The van der Waals surface area contributed by atoms with Crippen LogP contribution in [0.4, 0.5) is 5.69 Å². The third kappa shape index (κ3) is 3.93. The molecule has 0 spiro atoms. The van der Waals surface area contributed by atoms with Crippen LogP contribution in [0, 0.1) is 6.92 Å². The van der Waals surface area contributed by atoms with Gasteiger partial charge in [-0.1, -0.05) is 18.2 Å². The highest BCUT2D eigenvalue weighted by Crippen LogP contribution is 2.30. The van der Waals surface area contributed by atoms with Gasteiger partial charge in [-0.3, -0.25) is 4.79 Å². The topological polar surface area (TPSA) is 42.0 Å². The monoisotopic (exact) mass is 354 g/mol. The van der Waals surface area contributed by atoms with Crippen molar-refractivity contribution < 1.29 is 14.3 Å². The first-order valence-corrected chi connectivity index (χ1v) is 8.91. The number of methoxy groups -OCH3 is 2. The zero-order valence-electron chi connectivity index (χ0n) is 15.7. The summed E-state index contributed by atoms with van der Waals surface area (Å²) in [5.74, 6) is 1.51.